The van der Waals surface area contributed by atoms with Crippen molar-refractivity contribution in [2.45, 2.75) is 52.4 Å². The molecule has 0 heterocycles. The van der Waals surface area contributed by atoms with E-state index in [1.165, 1.54) is 11.1 Å². The van der Waals surface area contributed by atoms with Crippen LogP contribution in [-0.4, -0.2) is 0 Å². The highest BCUT2D eigenvalue weighted by Gasteiger charge is 2.50. The molecule has 0 bridgehead atoms. The fraction of sp³-hybridized carbons (Fsp3) is 0.455. The zero-order valence-corrected chi connectivity index (χ0v) is 14.9. The molecule has 2 aromatic rings. The van der Waals surface area contributed by atoms with E-state index in [9.17, 15) is 0 Å². The molecule has 2 aromatic carbocycles. The van der Waals surface area contributed by atoms with E-state index in [1.807, 2.05) is 0 Å². The normalized spacial score (nSPS) is 17.3. The Labute approximate surface area is 136 Å². The SMILES string of the molecule is CC(C)[C@](C)(c1ccccc1)[C@@](C)(c1ccccc1)C(C)C. The summed E-state index contributed by atoms with van der Waals surface area (Å²) in [5.74, 6) is 1.09. The Kier molecular flexibility index (Phi) is 4.80. The molecule has 118 valence electrons. The standard InChI is InChI=1S/C22H30/c1-17(2)21(5,19-13-9-7-10-14-19)22(6,18(3)4)20-15-11-8-12-16-20/h7-18H,1-6H3/t21-,22-/m1/s1. The van der Waals surface area contributed by atoms with Crippen molar-refractivity contribution < 1.29 is 0 Å². The summed E-state index contributed by atoms with van der Waals surface area (Å²) in [4.78, 5) is 0. The average molecular weight is 294 g/mol. The highest BCUT2D eigenvalue weighted by Crippen LogP contribution is 2.52. The van der Waals surface area contributed by atoms with Crippen molar-refractivity contribution in [2.75, 3.05) is 0 Å². The zero-order valence-electron chi connectivity index (χ0n) is 14.9. The highest BCUT2D eigenvalue weighted by atomic mass is 14.5. The van der Waals surface area contributed by atoms with Crippen LogP contribution in [0.2, 0.25) is 0 Å². The van der Waals surface area contributed by atoms with Crippen LogP contribution < -0.4 is 0 Å². The Hall–Kier alpha value is -1.56. The first-order valence-electron chi connectivity index (χ1n) is 8.46. The van der Waals surface area contributed by atoms with Crippen molar-refractivity contribution in [1.82, 2.24) is 0 Å². The van der Waals surface area contributed by atoms with Gasteiger partial charge in [-0.2, -0.15) is 0 Å². The molecule has 0 fully saturated rings. The smallest absolute Gasteiger partial charge is 0.00443 e. The first-order chi connectivity index (χ1) is 10.3. The van der Waals surface area contributed by atoms with Crippen LogP contribution in [0.25, 0.3) is 0 Å². The molecule has 0 unspecified atom stereocenters. The molecule has 2 rings (SSSR count). The highest BCUT2D eigenvalue weighted by molar-refractivity contribution is 5.39. The Balaban J connectivity index is 2.72. The van der Waals surface area contributed by atoms with Crippen LogP contribution in [0.1, 0.15) is 52.7 Å². The monoisotopic (exact) mass is 294 g/mol. The van der Waals surface area contributed by atoms with E-state index in [0.717, 1.165) is 0 Å². The Morgan fingerprint density at radius 3 is 1.05 bits per heavy atom. The first kappa shape index (κ1) is 16.8. The molecular weight excluding hydrogens is 264 g/mol. The lowest BCUT2D eigenvalue weighted by molar-refractivity contribution is 0.131. The third kappa shape index (κ3) is 2.49. The van der Waals surface area contributed by atoms with Gasteiger partial charge in [-0.15, -0.1) is 0 Å². The summed E-state index contributed by atoms with van der Waals surface area (Å²) in [6.07, 6.45) is 0. The molecule has 0 amide bonds. The van der Waals surface area contributed by atoms with Gasteiger partial charge in [-0.3, -0.25) is 0 Å². The number of benzene rings is 2. The fourth-order valence-corrected chi connectivity index (χ4v) is 4.03. The predicted octanol–water partition coefficient (Wildman–Crippen LogP) is 6.21. The van der Waals surface area contributed by atoms with Gasteiger partial charge in [-0.25, -0.2) is 0 Å². The topological polar surface area (TPSA) is 0 Å². The molecule has 0 spiro atoms. The lowest BCUT2D eigenvalue weighted by atomic mass is 9.50. The van der Waals surface area contributed by atoms with Gasteiger partial charge in [0.1, 0.15) is 0 Å². The first-order valence-corrected chi connectivity index (χ1v) is 8.46. The Bertz CT molecular complexity index is 526. The van der Waals surface area contributed by atoms with Crippen LogP contribution in [0, 0.1) is 11.8 Å². The third-order valence-corrected chi connectivity index (χ3v) is 6.14. The minimum absolute atomic E-state index is 0.0732. The van der Waals surface area contributed by atoms with Crippen LogP contribution >= 0.6 is 0 Å². The second-order valence-corrected chi connectivity index (χ2v) is 7.45. The van der Waals surface area contributed by atoms with E-state index in [-0.39, 0.29) is 10.8 Å². The van der Waals surface area contributed by atoms with Crippen molar-refractivity contribution in [3.63, 3.8) is 0 Å². The molecule has 0 N–H and O–H groups in total. The van der Waals surface area contributed by atoms with Gasteiger partial charge in [-0.05, 0) is 23.0 Å². The number of hydrogen-bond acceptors (Lipinski definition) is 0. The molecule has 0 radical (unpaired) electrons. The maximum Gasteiger partial charge on any atom is 0.00443 e. The van der Waals surface area contributed by atoms with Gasteiger partial charge < -0.3 is 0 Å². The zero-order chi connectivity index (χ0) is 16.4. The molecule has 0 heteroatoms. The maximum absolute atomic E-state index is 2.44. The van der Waals surface area contributed by atoms with Crippen LogP contribution in [-0.2, 0) is 10.8 Å². The molecule has 0 saturated carbocycles. The molecule has 0 aliphatic rings. The molecule has 0 saturated heterocycles. The summed E-state index contributed by atoms with van der Waals surface area (Å²) in [6, 6.07) is 22.1. The van der Waals surface area contributed by atoms with E-state index in [2.05, 4.69) is 102 Å². The van der Waals surface area contributed by atoms with Crippen molar-refractivity contribution >= 4 is 0 Å². The maximum atomic E-state index is 2.44. The molecule has 2 atom stereocenters. The van der Waals surface area contributed by atoms with Crippen molar-refractivity contribution in [1.29, 1.82) is 0 Å². The van der Waals surface area contributed by atoms with E-state index in [1.54, 1.807) is 0 Å². The predicted molar refractivity (Wildman–Crippen MR) is 97.3 cm³/mol. The number of rotatable bonds is 5. The third-order valence-electron chi connectivity index (χ3n) is 6.14. The Morgan fingerprint density at radius 2 is 0.818 bits per heavy atom. The van der Waals surface area contributed by atoms with Crippen LogP contribution in [0.5, 0.6) is 0 Å². The second-order valence-electron chi connectivity index (χ2n) is 7.45. The lowest BCUT2D eigenvalue weighted by Crippen LogP contribution is -2.52. The van der Waals surface area contributed by atoms with Crippen molar-refractivity contribution in [2.24, 2.45) is 11.8 Å². The summed E-state index contributed by atoms with van der Waals surface area (Å²) in [5, 5.41) is 0. The van der Waals surface area contributed by atoms with Crippen LogP contribution in [0.3, 0.4) is 0 Å². The molecule has 22 heavy (non-hydrogen) atoms. The summed E-state index contributed by atoms with van der Waals surface area (Å²) < 4.78 is 0. The summed E-state index contributed by atoms with van der Waals surface area (Å²) in [5.41, 5.74) is 3.02. The van der Waals surface area contributed by atoms with Gasteiger partial charge in [0.05, 0.1) is 0 Å². The molecule has 0 aliphatic heterocycles. The van der Waals surface area contributed by atoms with Gasteiger partial charge in [0, 0.05) is 10.8 Å². The van der Waals surface area contributed by atoms with Gasteiger partial charge in [0.15, 0.2) is 0 Å². The van der Waals surface area contributed by atoms with Gasteiger partial charge in [-0.1, -0.05) is 102 Å². The van der Waals surface area contributed by atoms with E-state index >= 15 is 0 Å². The van der Waals surface area contributed by atoms with Gasteiger partial charge >= 0.3 is 0 Å². The minimum Gasteiger partial charge on any atom is -0.0622 e. The van der Waals surface area contributed by atoms with E-state index < -0.39 is 0 Å². The molecule has 0 nitrogen and oxygen atoms in total. The second kappa shape index (κ2) is 6.28. The van der Waals surface area contributed by atoms with E-state index in [0.29, 0.717) is 11.8 Å². The summed E-state index contributed by atoms with van der Waals surface area (Å²) in [7, 11) is 0. The minimum atomic E-state index is 0.0732. The quantitative estimate of drug-likeness (QED) is 0.614. The summed E-state index contributed by atoms with van der Waals surface area (Å²) in [6.45, 7) is 14.3. The number of hydrogen-bond donors (Lipinski definition) is 0. The van der Waals surface area contributed by atoms with Crippen LogP contribution in [0.4, 0.5) is 0 Å². The summed E-state index contributed by atoms with van der Waals surface area (Å²) >= 11 is 0. The van der Waals surface area contributed by atoms with Crippen LogP contribution in [0.15, 0.2) is 60.7 Å². The average Bonchev–Trinajstić information content (AvgIpc) is 2.54. The Morgan fingerprint density at radius 1 is 0.545 bits per heavy atom. The molecular formula is C22H30. The lowest BCUT2D eigenvalue weighted by Gasteiger charge is -2.53. The van der Waals surface area contributed by atoms with E-state index in [4.69, 9.17) is 0 Å². The van der Waals surface area contributed by atoms with Gasteiger partial charge in [0.25, 0.3) is 0 Å². The van der Waals surface area contributed by atoms with Crippen molar-refractivity contribution in [3.8, 4) is 0 Å². The fourth-order valence-electron chi connectivity index (χ4n) is 4.03. The largest absolute Gasteiger partial charge is 0.0622 e. The molecule has 0 aliphatic carbocycles. The van der Waals surface area contributed by atoms with Crippen molar-refractivity contribution in [3.05, 3.63) is 71.8 Å². The van der Waals surface area contributed by atoms with Gasteiger partial charge in [0.2, 0.25) is 0 Å². The molecule has 0 aromatic heterocycles.